The van der Waals surface area contributed by atoms with Crippen LogP contribution in [-0.4, -0.2) is 41.5 Å². The second kappa shape index (κ2) is 10.5. The maximum atomic E-state index is 13.3. The molecule has 1 saturated heterocycles. The maximum absolute atomic E-state index is 13.3. The van der Waals surface area contributed by atoms with E-state index in [1.54, 1.807) is 0 Å². The van der Waals surface area contributed by atoms with Crippen LogP contribution in [0.2, 0.25) is 1.41 Å². The third-order valence-corrected chi connectivity index (χ3v) is 4.49. The van der Waals surface area contributed by atoms with Gasteiger partial charge >= 0.3 is 51.4 Å². The first-order chi connectivity index (χ1) is 18.2. The number of thiophene rings is 1. The Bertz CT molecular complexity index is 1390. The van der Waals surface area contributed by atoms with E-state index < -0.39 is 87.3 Å². The topological polar surface area (TPSA) is 77.4 Å². The van der Waals surface area contributed by atoms with E-state index in [1.165, 1.54) is 11.4 Å². The molecule has 0 radical (unpaired) electrons. The zero-order valence-corrected chi connectivity index (χ0v) is 18.7. The van der Waals surface area contributed by atoms with E-state index in [4.69, 9.17) is 20.6 Å². The first-order valence-corrected chi connectivity index (χ1v) is 8.53. The third kappa shape index (κ3) is 5.23. The molecule has 0 aromatic carbocycles. The van der Waals surface area contributed by atoms with Crippen LogP contribution in [-0.2, 0) is 0 Å². The Morgan fingerprint density at radius 3 is 2.96 bits per heavy atom. The standard InChI is InChI=1S/C19H27N3O3S.K/c1-13(2)22-14-7-12-26-17(14)16(23)15(19(22)25)18(24)20-8-6-11-21-9-4-3-5-10-21;/h7,12-13,23H,3-6,8-11H2,1-2H3,(H,20,24);/q;+1/p-1/i1D3,3D2,4D2,5D2,9D2,10D2,13D;/hD. The molecular formula is C19H26KN3O3S. The van der Waals surface area contributed by atoms with Gasteiger partial charge in [0.25, 0.3) is 11.5 Å². The number of carbonyl (C=O) groups is 1. The SMILES string of the molecule is [2H]N(CCCN1C([2H])([2H])C([2H])([2H])C([2H])([2H])C([2H])([2H])C1([2H])[2H])C(=O)c1c([O-])c2sccc2n(C([2H])(C)C([2H])([2H])[2H])c1=O.[K+]. The van der Waals surface area contributed by atoms with Crippen LogP contribution in [0.25, 0.3) is 10.2 Å². The molecule has 8 heteroatoms. The van der Waals surface area contributed by atoms with Crippen LogP contribution in [0.1, 0.15) is 74.9 Å². The fraction of sp³-hybridized carbons (Fsp3) is 0.579. The van der Waals surface area contributed by atoms with E-state index in [9.17, 15) is 14.7 Å². The second-order valence-electron chi connectivity index (χ2n) is 5.36. The molecule has 0 aliphatic carbocycles. The van der Waals surface area contributed by atoms with Crippen molar-refractivity contribution < 1.29 is 81.9 Å². The Morgan fingerprint density at radius 2 is 2.26 bits per heavy atom. The van der Waals surface area contributed by atoms with Crippen molar-refractivity contribution in [3.05, 3.63) is 27.4 Å². The maximum Gasteiger partial charge on any atom is 1.00 e. The number of nitrogens with one attached hydrogen (secondary N) is 1. The number of hydrogen-bond acceptors (Lipinski definition) is 5. The molecule has 3 heterocycles. The Balaban J connectivity index is 0.00000616. The fourth-order valence-corrected chi connectivity index (χ4v) is 3.27. The molecular weight excluding hydrogens is 389 g/mol. The van der Waals surface area contributed by atoms with Gasteiger partial charge in [0, 0.05) is 35.1 Å². The average Bonchev–Trinajstić information content (AvgIpc) is 3.28. The van der Waals surface area contributed by atoms with Crippen LogP contribution in [0.4, 0.5) is 0 Å². The first kappa shape index (κ1) is 9.72. The Morgan fingerprint density at radius 1 is 1.52 bits per heavy atom. The smallest absolute Gasteiger partial charge is 0.871 e. The Labute approximate surface area is 227 Å². The Kier molecular flexibility index (Phi) is 3.79. The summed E-state index contributed by atoms with van der Waals surface area (Å²) in [6.07, 6.45) is -11.2. The molecule has 2 aromatic heterocycles. The molecule has 1 aliphatic heterocycles. The molecule has 1 unspecified atom stereocenters. The van der Waals surface area contributed by atoms with E-state index in [-0.39, 0.29) is 71.8 Å². The van der Waals surface area contributed by atoms with Crippen molar-refractivity contribution in [3.8, 4) is 5.75 Å². The molecule has 1 amide bonds. The molecule has 3 rings (SSSR count). The number of rotatable bonds is 6. The third-order valence-electron chi connectivity index (χ3n) is 3.59. The van der Waals surface area contributed by atoms with Crippen molar-refractivity contribution in [3.63, 3.8) is 0 Å². The minimum absolute atomic E-state index is 0. The van der Waals surface area contributed by atoms with Gasteiger partial charge in [-0.25, -0.2) is 0 Å². The van der Waals surface area contributed by atoms with E-state index >= 15 is 0 Å². The molecule has 142 valence electrons. The van der Waals surface area contributed by atoms with Crippen molar-refractivity contribution in [2.75, 3.05) is 26.1 Å². The number of pyridine rings is 1. The quantitative estimate of drug-likeness (QED) is 0.617. The summed E-state index contributed by atoms with van der Waals surface area (Å²) >= 11 is 0.779. The molecule has 0 bridgehead atoms. The predicted molar refractivity (Wildman–Crippen MR) is 103 cm³/mol. The van der Waals surface area contributed by atoms with Gasteiger partial charge in [-0.3, -0.25) is 9.59 Å². The summed E-state index contributed by atoms with van der Waals surface area (Å²) in [7, 11) is 0. The van der Waals surface area contributed by atoms with E-state index in [2.05, 4.69) is 0 Å². The summed E-state index contributed by atoms with van der Waals surface area (Å²) in [5.41, 5.74) is -2.74. The van der Waals surface area contributed by atoms with Crippen LogP contribution in [0, 0.1) is 0 Å². The van der Waals surface area contributed by atoms with Gasteiger partial charge in [-0.2, -0.15) is 0 Å². The van der Waals surface area contributed by atoms with Crippen LogP contribution in [0.3, 0.4) is 0 Å². The number of fused-ring (bicyclic) bond motifs is 1. The minimum atomic E-state index is -3.60. The van der Waals surface area contributed by atoms with Crippen LogP contribution < -0.4 is 67.4 Å². The molecule has 6 nitrogen and oxygen atoms in total. The van der Waals surface area contributed by atoms with Gasteiger partial charge in [0.15, 0.2) is 1.41 Å². The van der Waals surface area contributed by atoms with Crippen LogP contribution in [0.5, 0.6) is 5.75 Å². The molecule has 1 atom stereocenters. The van der Waals surface area contributed by atoms with E-state index in [0.717, 1.165) is 18.3 Å². The summed E-state index contributed by atoms with van der Waals surface area (Å²) < 4.78 is 120. The molecule has 0 saturated carbocycles. The van der Waals surface area contributed by atoms with E-state index in [0.29, 0.717) is 4.57 Å². The van der Waals surface area contributed by atoms with Crippen LogP contribution in [0.15, 0.2) is 16.2 Å². The normalized spacial score (nSPS) is 35.2. The summed E-state index contributed by atoms with van der Waals surface area (Å²) in [6.45, 7) is -10.5. The number of piperidine rings is 1. The number of hydrogen-bond donors (Lipinski definition) is 1. The van der Waals surface area contributed by atoms with Crippen molar-refractivity contribution in [2.24, 2.45) is 0 Å². The van der Waals surface area contributed by atoms with Gasteiger partial charge in [-0.05, 0) is 63.9 Å². The molecule has 2 aromatic rings. The van der Waals surface area contributed by atoms with Gasteiger partial charge in [-0.15, -0.1) is 11.3 Å². The van der Waals surface area contributed by atoms with Gasteiger partial charge in [-0.1, -0.05) is 12.1 Å². The molecule has 1 fully saturated rings. The second-order valence-corrected chi connectivity index (χ2v) is 6.27. The van der Waals surface area contributed by atoms with Gasteiger partial charge in [0.2, 0.25) is 0 Å². The van der Waals surface area contributed by atoms with E-state index in [1.807, 2.05) is 0 Å². The first-order valence-electron chi connectivity index (χ1n) is 15.1. The largest absolute Gasteiger partial charge is 1.00 e. The summed E-state index contributed by atoms with van der Waals surface area (Å²) in [5, 5.41) is 14.5. The number of likely N-dealkylation sites (tertiary alicyclic amines) is 1. The van der Waals surface area contributed by atoms with Crippen LogP contribution >= 0.6 is 11.3 Å². The predicted octanol–water partition coefficient (Wildman–Crippen LogP) is -0.673. The summed E-state index contributed by atoms with van der Waals surface area (Å²) in [5.74, 6) is -2.59. The van der Waals surface area contributed by atoms with Crippen molar-refractivity contribution in [2.45, 2.75) is 45.3 Å². The monoisotopic (exact) mass is 430 g/mol. The van der Waals surface area contributed by atoms with Crippen molar-refractivity contribution in [1.82, 2.24) is 14.8 Å². The fourth-order valence-electron chi connectivity index (χ4n) is 2.45. The number of nitrogens with zero attached hydrogens (tertiary/aromatic N) is 2. The number of aromatic nitrogens is 1. The molecule has 1 aliphatic rings. The summed E-state index contributed by atoms with van der Waals surface area (Å²) in [4.78, 5) is 26.5. The zero-order valence-electron chi connectivity index (χ0n) is 29.8. The Hall–Kier alpha value is -0.224. The average molecular weight is 431 g/mol. The molecule has 1 N–H and O–H groups in total. The molecule has 27 heavy (non-hydrogen) atoms. The number of carbonyl (C=O) groups excluding carboxylic acids is 1. The minimum Gasteiger partial charge on any atom is -0.871 e. The summed E-state index contributed by atoms with van der Waals surface area (Å²) in [6, 6.07) is -1.37. The van der Waals surface area contributed by atoms with Gasteiger partial charge < -0.3 is 19.9 Å². The molecule has 0 spiro atoms. The van der Waals surface area contributed by atoms with Gasteiger partial charge in [0.1, 0.15) is 0 Å². The van der Waals surface area contributed by atoms with Crippen molar-refractivity contribution >= 4 is 27.5 Å². The van der Waals surface area contributed by atoms with Crippen molar-refractivity contribution in [1.29, 1.82) is 0 Å². The zero-order chi connectivity index (χ0) is 31.9. The number of amides is 1. The van der Waals surface area contributed by atoms with Gasteiger partial charge in [0.05, 0.1) is 12.5 Å².